The van der Waals surface area contributed by atoms with E-state index in [0.717, 1.165) is 32.7 Å². The molecule has 18 heavy (non-hydrogen) atoms. The smallest absolute Gasteiger partial charge is 0.323 e. The highest BCUT2D eigenvalue weighted by Gasteiger charge is 2.23. The van der Waals surface area contributed by atoms with Crippen molar-refractivity contribution in [3.8, 4) is 0 Å². The topological polar surface area (TPSA) is 58.8 Å². The van der Waals surface area contributed by atoms with Crippen molar-refractivity contribution in [1.29, 1.82) is 0 Å². The Kier molecular flexibility index (Phi) is 5.56. The molecule has 1 saturated heterocycles. The Morgan fingerprint density at radius 1 is 1.28 bits per heavy atom. The third kappa shape index (κ3) is 5.80. The first kappa shape index (κ1) is 15.4. The molecule has 0 aromatic rings. The molecular weight excluding hydrogens is 230 g/mol. The summed E-state index contributed by atoms with van der Waals surface area (Å²) in [6, 6.07) is -0.510. The third-order valence-corrected chi connectivity index (χ3v) is 3.06. The molecule has 1 rings (SSSR count). The molecule has 106 valence electrons. The van der Waals surface area contributed by atoms with E-state index in [1.165, 1.54) is 0 Å². The highest BCUT2D eigenvalue weighted by molar-refractivity contribution is 5.75. The summed E-state index contributed by atoms with van der Waals surface area (Å²) in [5.74, 6) is -0.295. The maximum Gasteiger partial charge on any atom is 0.323 e. The van der Waals surface area contributed by atoms with Gasteiger partial charge in [0, 0.05) is 32.7 Å². The van der Waals surface area contributed by atoms with Crippen LogP contribution in [0, 0.1) is 0 Å². The lowest BCUT2D eigenvalue weighted by Crippen LogP contribution is -2.46. The average molecular weight is 257 g/mol. The zero-order valence-electron chi connectivity index (χ0n) is 12.1. The lowest BCUT2D eigenvalue weighted by atomic mass is 10.1. The van der Waals surface area contributed by atoms with Crippen LogP contribution in [0.15, 0.2) is 0 Å². The maximum atomic E-state index is 11.7. The average Bonchev–Trinajstić information content (AvgIpc) is 2.25. The van der Waals surface area contributed by atoms with Gasteiger partial charge in [0.15, 0.2) is 0 Å². The number of rotatable bonds is 4. The Morgan fingerprint density at radius 3 is 2.33 bits per heavy atom. The van der Waals surface area contributed by atoms with Gasteiger partial charge in [-0.15, -0.1) is 0 Å². The molecule has 1 unspecified atom stereocenters. The van der Waals surface area contributed by atoms with E-state index in [1.807, 2.05) is 20.8 Å². The largest absolute Gasteiger partial charge is 0.459 e. The molecule has 0 radical (unpaired) electrons. The van der Waals surface area contributed by atoms with Crippen LogP contribution in [0.5, 0.6) is 0 Å². The van der Waals surface area contributed by atoms with Gasteiger partial charge in [-0.1, -0.05) is 0 Å². The monoisotopic (exact) mass is 257 g/mol. The lowest BCUT2D eigenvalue weighted by Gasteiger charge is -2.32. The van der Waals surface area contributed by atoms with Crippen LogP contribution >= 0.6 is 0 Å². The predicted octanol–water partition coefficient (Wildman–Crippen LogP) is 0.293. The van der Waals surface area contributed by atoms with Gasteiger partial charge in [-0.05, 0) is 34.2 Å². The highest BCUT2D eigenvalue weighted by atomic mass is 16.6. The molecule has 1 fully saturated rings. The van der Waals surface area contributed by atoms with Gasteiger partial charge in [-0.3, -0.25) is 4.79 Å². The molecule has 0 saturated carbocycles. The summed E-state index contributed by atoms with van der Waals surface area (Å²) in [6.45, 7) is 10.7. The second-order valence-corrected chi connectivity index (χ2v) is 6.07. The van der Waals surface area contributed by atoms with E-state index >= 15 is 0 Å². The Labute approximate surface area is 110 Å². The summed E-state index contributed by atoms with van der Waals surface area (Å²) in [5, 5.41) is 0. The molecule has 5 heteroatoms. The second-order valence-electron chi connectivity index (χ2n) is 6.07. The Morgan fingerprint density at radius 2 is 1.83 bits per heavy atom. The fourth-order valence-corrected chi connectivity index (χ4v) is 1.89. The van der Waals surface area contributed by atoms with Crippen LogP contribution in [0.1, 0.15) is 27.2 Å². The van der Waals surface area contributed by atoms with Gasteiger partial charge in [0.05, 0.1) is 0 Å². The molecule has 5 nitrogen and oxygen atoms in total. The molecule has 0 bridgehead atoms. The van der Waals surface area contributed by atoms with E-state index in [4.69, 9.17) is 10.5 Å². The standard InChI is InChI=1S/C13H27N3O2/c1-13(2,3)18-12(17)11(14)5-6-16-9-7-15(4)8-10-16/h11H,5-10,14H2,1-4H3. The lowest BCUT2D eigenvalue weighted by molar-refractivity contribution is -0.156. The number of likely N-dealkylation sites (N-methyl/N-ethyl adjacent to an activating group) is 1. The zero-order valence-corrected chi connectivity index (χ0v) is 12.1. The normalized spacial score (nSPS) is 20.7. The Balaban J connectivity index is 2.24. The second kappa shape index (κ2) is 6.50. The number of esters is 1. The number of ether oxygens (including phenoxy) is 1. The molecule has 1 atom stereocenters. The summed E-state index contributed by atoms with van der Waals surface area (Å²) >= 11 is 0. The molecule has 0 aromatic heterocycles. The summed E-state index contributed by atoms with van der Waals surface area (Å²) in [4.78, 5) is 16.4. The molecule has 2 N–H and O–H groups in total. The van der Waals surface area contributed by atoms with Crippen molar-refractivity contribution >= 4 is 5.97 Å². The molecule has 0 amide bonds. The molecule has 1 heterocycles. The quantitative estimate of drug-likeness (QED) is 0.734. The van der Waals surface area contributed by atoms with Crippen molar-refractivity contribution in [2.75, 3.05) is 39.8 Å². The molecule has 1 aliphatic heterocycles. The minimum atomic E-state index is -0.510. The van der Waals surface area contributed by atoms with Crippen molar-refractivity contribution in [1.82, 2.24) is 9.80 Å². The number of nitrogens with two attached hydrogens (primary N) is 1. The van der Waals surface area contributed by atoms with Gasteiger partial charge in [-0.2, -0.15) is 0 Å². The summed E-state index contributed by atoms with van der Waals surface area (Å²) in [5.41, 5.74) is 5.40. The first-order valence-corrected chi connectivity index (χ1v) is 6.67. The van der Waals surface area contributed by atoms with Crippen LogP contribution in [-0.2, 0) is 9.53 Å². The van der Waals surface area contributed by atoms with Crippen LogP contribution in [0.25, 0.3) is 0 Å². The molecule has 0 aliphatic carbocycles. The maximum absolute atomic E-state index is 11.7. The number of piperazine rings is 1. The number of nitrogens with zero attached hydrogens (tertiary/aromatic N) is 2. The fourth-order valence-electron chi connectivity index (χ4n) is 1.89. The van der Waals surface area contributed by atoms with Gasteiger partial charge >= 0.3 is 5.97 Å². The number of hydrogen-bond acceptors (Lipinski definition) is 5. The van der Waals surface area contributed by atoms with Crippen LogP contribution in [0.3, 0.4) is 0 Å². The minimum absolute atomic E-state index is 0.295. The fraction of sp³-hybridized carbons (Fsp3) is 0.923. The van der Waals surface area contributed by atoms with Crippen molar-refractivity contribution in [2.45, 2.75) is 38.8 Å². The number of carbonyl (C=O) groups is 1. The van der Waals surface area contributed by atoms with Gasteiger partial charge < -0.3 is 20.3 Å². The van der Waals surface area contributed by atoms with Crippen molar-refractivity contribution in [2.24, 2.45) is 5.73 Å². The van der Waals surface area contributed by atoms with E-state index in [-0.39, 0.29) is 5.97 Å². The van der Waals surface area contributed by atoms with Gasteiger partial charge in [0.25, 0.3) is 0 Å². The van der Waals surface area contributed by atoms with Crippen LogP contribution < -0.4 is 5.73 Å². The van der Waals surface area contributed by atoms with Crippen molar-refractivity contribution < 1.29 is 9.53 Å². The van der Waals surface area contributed by atoms with E-state index < -0.39 is 11.6 Å². The van der Waals surface area contributed by atoms with E-state index in [2.05, 4.69) is 16.8 Å². The van der Waals surface area contributed by atoms with Gasteiger partial charge in [0.1, 0.15) is 11.6 Å². The van der Waals surface area contributed by atoms with Gasteiger partial charge in [0.2, 0.25) is 0 Å². The molecular formula is C13H27N3O2. The van der Waals surface area contributed by atoms with Gasteiger partial charge in [-0.25, -0.2) is 0 Å². The number of hydrogen-bond donors (Lipinski definition) is 1. The Bertz CT molecular complexity index is 268. The van der Waals surface area contributed by atoms with Crippen LogP contribution in [-0.4, -0.2) is 67.2 Å². The predicted molar refractivity (Wildman–Crippen MR) is 72.4 cm³/mol. The summed E-state index contributed by atoms with van der Waals surface area (Å²) < 4.78 is 5.27. The summed E-state index contributed by atoms with van der Waals surface area (Å²) in [7, 11) is 2.13. The van der Waals surface area contributed by atoms with Crippen molar-refractivity contribution in [3.05, 3.63) is 0 Å². The minimum Gasteiger partial charge on any atom is -0.459 e. The highest BCUT2D eigenvalue weighted by Crippen LogP contribution is 2.09. The first-order valence-electron chi connectivity index (χ1n) is 6.67. The zero-order chi connectivity index (χ0) is 13.8. The van der Waals surface area contributed by atoms with E-state index in [0.29, 0.717) is 6.42 Å². The van der Waals surface area contributed by atoms with Crippen molar-refractivity contribution in [3.63, 3.8) is 0 Å². The first-order chi connectivity index (χ1) is 8.28. The Hall–Kier alpha value is -0.650. The van der Waals surface area contributed by atoms with E-state index in [1.54, 1.807) is 0 Å². The van der Waals surface area contributed by atoms with Crippen LogP contribution in [0.4, 0.5) is 0 Å². The van der Waals surface area contributed by atoms with E-state index in [9.17, 15) is 4.79 Å². The third-order valence-electron chi connectivity index (χ3n) is 3.06. The molecule has 1 aliphatic rings. The van der Waals surface area contributed by atoms with Crippen LogP contribution in [0.2, 0.25) is 0 Å². The molecule has 0 spiro atoms. The number of carbonyl (C=O) groups excluding carboxylic acids is 1. The SMILES string of the molecule is CN1CCN(CCC(N)C(=O)OC(C)(C)C)CC1. The summed E-state index contributed by atoms with van der Waals surface area (Å²) in [6.07, 6.45) is 0.665. The molecule has 0 aromatic carbocycles.